The van der Waals surface area contributed by atoms with E-state index < -0.39 is 30.2 Å². The molecule has 1 aromatic rings. The van der Waals surface area contributed by atoms with E-state index in [9.17, 15) is 19.5 Å². The molecule has 1 aromatic carbocycles. The van der Waals surface area contributed by atoms with Gasteiger partial charge in [0, 0.05) is 12.6 Å². The first-order chi connectivity index (χ1) is 15.8. The Morgan fingerprint density at radius 1 is 1.18 bits per heavy atom. The van der Waals surface area contributed by atoms with Crippen LogP contribution in [-0.2, 0) is 20.9 Å². The van der Waals surface area contributed by atoms with Gasteiger partial charge in [0.1, 0.15) is 12.6 Å². The van der Waals surface area contributed by atoms with Crippen molar-refractivity contribution in [2.75, 3.05) is 6.54 Å². The lowest BCUT2D eigenvalue weighted by atomic mass is 9.90. The van der Waals surface area contributed by atoms with Crippen LogP contribution < -0.4 is 10.6 Å². The quantitative estimate of drug-likeness (QED) is 0.498. The number of rotatable bonds is 10. The van der Waals surface area contributed by atoms with E-state index in [0.717, 1.165) is 24.8 Å². The minimum absolute atomic E-state index is 0.0704. The summed E-state index contributed by atoms with van der Waals surface area (Å²) >= 11 is 0. The van der Waals surface area contributed by atoms with E-state index in [1.807, 2.05) is 51.1 Å². The zero-order valence-electron chi connectivity index (χ0n) is 19.8. The molecular weight excluding hydrogens is 422 g/mol. The minimum Gasteiger partial charge on any atom is -0.445 e. The summed E-state index contributed by atoms with van der Waals surface area (Å²) in [5.41, 5.74) is 0.874. The van der Waals surface area contributed by atoms with Gasteiger partial charge in [0.2, 0.25) is 5.91 Å². The molecule has 0 bridgehead atoms. The fourth-order valence-electron chi connectivity index (χ4n) is 4.53. The Labute approximate surface area is 196 Å². The highest BCUT2D eigenvalue weighted by molar-refractivity contribution is 5.88. The lowest BCUT2D eigenvalue weighted by molar-refractivity contribution is -0.133. The fraction of sp³-hybridized carbons (Fsp3) is 0.640. The van der Waals surface area contributed by atoms with Crippen LogP contribution in [-0.4, -0.2) is 58.7 Å². The van der Waals surface area contributed by atoms with Crippen molar-refractivity contribution >= 4 is 17.9 Å². The standard InChI is InChI=1S/C25H37N3O5/c1-4-9-20(22(29)24(31)26-19-12-13-19)27-23(30)21-16(3)18(5-2)14-28(21)25(32)33-15-17-10-7-6-8-11-17/h6-8,10-11,16,18-22,29H,4-5,9,12-15H2,1-3H3,(H,26,31)(H,27,30). The lowest BCUT2D eigenvalue weighted by Gasteiger charge is -2.29. The Hall–Kier alpha value is -2.61. The maximum atomic E-state index is 13.3. The number of hydrogen-bond acceptors (Lipinski definition) is 5. The first kappa shape index (κ1) is 25.0. The SMILES string of the molecule is CCCC(NC(=O)C1C(C)C(CC)CN1C(=O)OCc1ccccc1)C(O)C(=O)NC1CC1. The number of nitrogens with one attached hydrogen (secondary N) is 2. The second kappa shape index (κ2) is 11.5. The predicted octanol–water partition coefficient (Wildman–Crippen LogP) is 2.59. The molecule has 33 heavy (non-hydrogen) atoms. The van der Waals surface area contributed by atoms with Crippen molar-refractivity contribution in [3.8, 4) is 0 Å². The average Bonchev–Trinajstić information content (AvgIpc) is 3.56. The van der Waals surface area contributed by atoms with Crippen LogP contribution in [0.25, 0.3) is 0 Å². The molecule has 3 N–H and O–H groups in total. The van der Waals surface area contributed by atoms with Crippen LogP contribution in [0.4, 0.5) is 4.79 Å². The van der Waals surface area contributed by atoms with Gasteiger partial charge >= 0.3 is 6.09 Å². The Morgan fingerprint density at radius 2 is 1.88 bits per heavy atom. The monoisotopic (exact) mass is 459 g/mol. The molecule has 8 heteroatoms. The normalized spacial score (nSPS) is 24.1. The number of likely N-dealkylation sites (tertiary alicyclic amines) is 1. The van der Waals surface area contributed by atoms with Crippen LogP contribution in [0.5, 0.6) is 0 Å². The third kappa shape index (κ3) is 6.47. The molecule has 3 rings (SSSR count). The molecule has 0 aromatic heterocycles. The molecule has 1 heterocycles. The van der Waals surface area contributed by atoms with Crippen LogP contribution in [0.2, 0.25) is 0 Å². The third-order valence-corrected chi connectivity index (χ3v) is 6.74. The van der Waals surface area contributed by atoms with Crippen molar-refractivity contribution in [2.24, 2.45) is 11.8 Å². The van der Waals surface area contributed by atoms with E-state index in [-0.39, 0.29) is 30.4 Å². The summed E-state index contributed by atoms with van der Waals surface area (Å²) in [7, 11) is 0. The second-order valence-corrected chi connectivity index (χ2v) is 9.30. The van der Waals surface area contributed by atoms with E-state index in [0.29, 0.717) is 19.4 Å². The summed E-state index contributed by atoms with van der Waals surface area (Å²) in [6.07, 6.45) is 1.97. The second-order valence-electron chi connectivity index (χ2n) is 9.30. The predicted molar refractivity (Wildman–Crippen MR) is 124 cm³/mol. The lowest BCUT2D eigenvalue weighted by Crippen LogP contribution is -2.56. The molecule has 1 aliphatic carbocycles. The maximum Gasteiger partial charge on any atom is 0.410 e. The van der Waals surface area contributed by atoms with Crippen molar-refractivity contribution in [1.29, 1.82) is 0 Å². The summed E-state index contributed by atoms with van der Waals surface area (Å²) in [6, 6.07) is 8.11. The van der Waals surface area contributed by atoms with Crippen LogP contribution in [0.3, 0.4) is 0 Å². The maximum absolute atomic E-state index is 13.3. The number of aliphatic hydroxyl groups is 1. The molecule has 1 saturated carbocycles. The Kier molecular flexibility index (Phi) is 8.72. The molecule has 5 atom stereocenters. The van der Waals surface area contributed by atoms with Crippen molar-refractivity contribution in [3.05, 3.63) is 35.9 Å². The summed E-state index contributed by atoms with van der Waals surface area (Å²) in [6.45, 7) is 6.51. The van der Waals surface area contributed by atoms with Gasteiger partial charge in [0.05, 0.1) is 6.04 Å². The summed E-state index contributed by atoms with van der Waals surface area (Å²) < 4.78 is 5.52. The molecule has 182 valence electrons. The van der Waals surface area contributed by atoms with Crippen LogP contribution in [0.15, 0.2) is 30.3 Å². The summed E-state index contributed by atoms with van der Waals surface area (Å²) in [4.78, 5) is 40.1. The molecule has 2 fully saturated rings. The number of amides is 3. The van der Waals surface area contributed by atoms with Gasteiger partial charge < -0.3 is 20.5 Å². The summed E-state index contributed by atoms with van der Waals surface area (Å²) in [5.74, 6) is -0.718. The number of carbonyl (C=O) groups is 3. The molecule has 1 aliphatic heterocycles. The van der Waals surface area contributed by atoms with Gasteiger partial charge in [-0.15, -0.1) is 0 Å². The van der Waals surface area contributed by atoms with E-state index >= 15 is 0 Å². The van der Waals surface area contributed by atoms with Crippen LogP contribution in [0, 0.1) is 11.8 Å². The first-order valence-corrected chi connectivity index (χ1v) is 12.1. The molecule has 0 radical (unpaired) electrons. The number of carbonyl (C=O) groups excluding carboxylic acids is 3. The van der Waals surface area contributed by atoms with Gasteiger partial charge in [0.25, 0.3) is 5.91 Å². The van der Waals surface area contributed by atoms with Gasteiger partial charge in [0.15, 0.2) is 6.10 Å². The molecule has 2 aliphatic rings. The van der Waals surface area contributed by atoms with Gasteiger partial charge in [-0.2, -0.15) is 0 Å². The zero-order chi connectivity index (χ0) is 24.0. The molecule has 1 saturated heterocycles. The highest BCUT2D eigenvalue weighted by Gasteiger charge is 2.46. The molecule has 5 unspecified atom stereocenters. The zero-order valence-corrected chi connectivity index (χ0v) is 19.8. The van der Waals surface area contributed by atoms with E-state index in [4.69, 9.17) is 4.74 Å². The smallest absolute Gasteiger partial charge is 0.410 e. The molecular formula is C25H37N3O5. The minimum atomic E-state index is -1.33. The van der Waals surface area contributed by atoms with Gasteiger partial charge in [-0.3, -0.25) is 14.5 Å². The average molecular weight is 460 g/mol. The van der Waals surface area contributed by atoms with Crippen molar-refractivity contribution in [3.63, 3.8) is 0 Å². The Bertz CT molecular complexity index is 814. The van der Waals surface area contributed by atoms with Gasteiger partial charge in [-0.1, -0.05) is 63.9 Å². The Balaban J connectivity index is 1.68. The highest BCUT2D eigenvalue weighted by atomic mass is 16.6. The highest BCUT2D eigenvalue weighted by Crippen LogP contribution is 2.33. The number of aliphatic hydroxyl groups excluding tert-OH is 1. The number of benzene rings is 1. The number of hydrogen-bond donors (Lipinski definition) is 3. The fourth-order valence-corrected chi connectivity index (χ4v) is 4.53. The van der Waals surface area contributed by atoms with Crippen molar-refractivity contribution < 1.29 is 24.2 Å². The van der Waals surface area contributed by atoms with Crippen molar-refractivity contribution in [2.45, 2.75) is 83.7 Å². The van der Waals surface area contributed by atoms with Gasteiger partial charge in [-0.05, 0) is 36.7 Å². The van der Waals surface area contributed by atoms with E-state index in [2.05, 4.69) is 10.6 Å². The molecule has 8 nitrogen and oxygen atoms in total. The van der Waals surface area contributed by atoms with Crippen LogP contribution >= 0.6 is 0 Å². The Morgan fingerprint density at radius 3 is 2.48 bits per heavy atom. The molecule has 3 amide bonds. The van der Waals surface area contributed by atoms with E-state index in [1.165, 1.54) is 4.90 Å². The molecule has 0 spiro atoms. The number of nitrogens with zero attached hydrogens (tertiary/aromatic N) is 1. The van der Waals surface area contributed by atoms with Crippen molar-refractivity contribution in [1.82, 2.24) is 15.5 Å². The summed E-state index contributed by atoms with van der Waals surface area (Å²) in [5, 5.41) is 16.3. The third-order valence-electron chi connectivity index (χ3n) is 6.74. The van der Waals surface area contributed by atoms with Crippen LogP contribution in [0.1, 0.15) is 58.4 Å². The number of ether oxygens (including phenoxy) is 1. The largest absolute Gasteiger partial charge is 0.445 e. The van der Waals surface area contributed by atoms with Gasteiger partial charge in [-0.25, -0.2) is 4.79 Å². The topological polar surface area (TPSA) is 108 Å². The van der Waals surface area contributed by atoms with E-state index in [1.54, 1.807) is 0 Å². The first-order valence-electron chi connectivity index (χ1n) is 12.1.